The molecule has 0 saturated carbocycles. The topological polar surface area (TPSA) is 34.4 Å². The largest absolute Gasteiger partial charge is 0.319 e. The summed E-state index contributed by atoms with van der Waals surface area (Å²) in [5.41, 5.74) is 2.46. The maximum Gasteiger partial charge on any atom is 0.285 e. The quantitative estimate of drug-likeness (QED) is 0.666. The summed E-state index contributed by atoms with van der Waals surface area (Å²) in [7, 11) is 1.79. The number of carbonyl (C=O) groups excluding carboxylic acids is 1. The highest BCUT2D eigenvalue weighted by atomic mass is 32.1. The highest BCUT2D eigenvalue weighted by Crippen LogP contribution is 2.24. The first-order valence-corrected chi connectivity index (χ1v) is 7.80. The lowest BCUT2D eigenvalue weighted by Gasteiger charge is -2.02. The fourth-order valence-corrected chi connectivity index (χ4v) is 3.68. The van der Waals surface area contributed by atoms with Crippen LogP contribution in [0, 0.1) is 25.5 Å². The number of aryl methyl sites for hydroxylation is 3. The average molecular weight is 332 g/mol. The lowest BCUT2D eigenvalue weighted by atomic mass is 10.1. The van der Waals surface area contributed by atoms with Crippen molar-refractivity contribution < 1.29 is 13.6 Å². The minimum Gasteiger partial charge on any atom is -0.319 e. The highest BCUT2D eigenvalue weighted by molar-refractivity contribution is 7.16. The number of hydrogen-bond acceptors (Lipinski definition) is 2. The summed E-state index contributed by atoms with van der Waals surface area (Å²) in [5.74, 6) is -2.73. The van der Waals surface area contributed by atoms with Crippen LogP contribution in [0.2, 0.25) is 0 Å². The van der Waals surface area contributed by atoms with Gasteiger partial charge in [0.25, 0.3) is 5.91 Å². The summed E-state index contributed by atoms with van der Waals surface area (Å²) in [6.45, 7) is 3.94. The molecule has 1 heterocycles. The molecule has 0 bridgehead atoms. The molecule has 0 N–H and O–H groups in total. The Bertz CT molecular complexity index is 981. The van der Waals surface area contributed by atoms with Gasteiger partial charge < -0.3 is 4.57 Å². The van der Waals surface area contributed by atoms with Gasteiger partial charge in [-0.25, -0.2) is 8.78 Å². The van der Waals surface area contributed by atoms with Crippen LogP contribution in [0.1, 0.15) is 21.5 Å². The Morgan fingerprint density at radius 2 is 1.70 bits per heavy atom. The molecular formula is C17H14F2N2OS. The summed E-state index contributed by atoms with van der Waals surface area (Å²) < 4.78 is 30.2. The third-order valence-electron chi connectivity index (χ3n) is 3.72. The first kappa shape index (κ1) is 15.6. The van der Waals surface area contributed by atoms with Crippen molar-refractivity contribution in [3.05, 3.63) is 63.5 Å². The number of fused-ring (bicyclic) bond motifs is 1. The molecule has 2 aromatic carbocycles. The summed E-state index contributed by atoms with van der Waals surface area (Å²) in [4.78, 5) is 16.5. The van der Waals surface area contributed by atoms with Crippen molar-refractivity contribution >= 4 is 27.5 Å². The zero-order valence-corrected chi connectivity index (χ0v) is 13.7. The Kier molecular flexibility index (Phi) is 3.85. The maximum atomic E-state index is 13.7. The third kappa shape index (κ3) is 2.59. The smallest absolute Gasteiger partial charge is 0.285 e. The van der Waals surface area contributed by atoms with E-state index in [9.17, 15) is 13.6 Å². The first-order chi connectivity index (χ1) is 10.9. The Hall–Kier alpha value is -2.34. The van der Waals surface area contributed by atoms with Crippen molar-refractivity contribution in [2.24, 2.45) is 12.0 Å². The second-order valence-electron chi connectivity index (χ2n) is 5.33. The summed E-state index contributed by atoms with van der Waals surface area (Å²) in [6.07, 6.45) is 0. The standard InChI is InChI=1S/C17H14F2N2OS/c1-9-7-8-10(2)15-14(9)21(3)17(23-15)20-16(22)13-11(18)5-4-6-12(13)19/h4-8H,1-3H3. The van der Waals surface area contributed by atoms with Gasteiger partial charge in [0.1, 0.15) is 17.2 Å². The summed E-state index contributed by atoms with van der Waals surface area (Å²) >= 11 is 1.33. The summed E-state index contributed by atoms with van der Waals surface area (Å²) in [5, 5.41) is 0. The second kappa shape index (κ2) is 5.70. The predicted molar refractivity (Wildman–Crippen MR) is 86.5 cm³/mol. The van der Waals surface area contributed by atoms with E-state index in [0.717, 1.165) is 33.5 Å². The predicted octanol–water partition coefficient (Wildman–Crippen LogP) is 3.88. The van der Waals surface area contributed by atoms with E-state index in [1.807, 2.05) is 26.0 Å². The Morgan fingerprint density at radius 1 is 1.09 bits per heavy atom. The molecular weight excluding hydrogens is 318 g/mol. The molecule has 0 radical (unpaired) electrons. The number of rotatable bonds is 1. The molecule has 0 spiro atoms. The molecule has 0 fully saturated rings. The number of halogens is 2. The van der Waals surface area contributed by atoms with Gasteiger partial charge >= 0.3 is 0 Å². The Balaban J connectivity index is 2.23. The highest BCUT2D eigenvalue weighted by Gasteiger charge is 2.17. The Morgan fingerprint density at radius 3 is 2.30 bits per heavy atom. The lowest BCUT2D eigenvalue weighted by Crippen LogP contribution is -2.15. The minimum absolute atomic E-state index is 0.407. The SMILES string of the molecule is Cc1ccc(C)c2c1sc(=NC(=O)c1c(F)cccc1F)n2C. The van der Waals surface area contributed by atoms with Crippen LogP contribution in [-0.2, 0) is 7.05 Å². The lowest BCUT2D eigenvalue weighted by molar-refractivity contribution is 0.0990. The molecule has 0 aliphatic heterocycles. The number of amides is 1. The number of carbonyl (C=O) groups is 1. The molecule has 118 valence electrons. The molecule has 1 aromatic heterocycles. The molecule has 3 rings (SSSR count). The van der Waals surface area contributed by atoms with Crippen molar-refractivity contribution in [2.75, 3.05) is 0 Å². The zero-order chi connectivity index (χ0) is 16.7. The second-order valence-corrected chi connectivity index (χ2v) is 6.31. The molecule has 23 heavy (non-hydrogen) atoms. The Labute approximate surface area is 135 Å². The van der Waals surface area contributed by atoms with Crippen molar-refractivity contribution in [3.63, 3.8) is 0 Å². The van der Waals surface area contributed by atoms with E-state index in [4.69, 9.17) is 0 Å². The summed E-state index contributed by atoms with van der Waals surface area (Å²) in [6, 6.07) is 7.30. The molecule has 6 heteroatoms. The molecule has 3 nitrogen and oxygen atoms in total. The molecule has 0 atom stereocenters. The van der Waals surface area contributed by atoms with Crippen LogP contribution >= 0.6 is 11.3 Å². The van der Waals surface area contributed by atoms with Gasteiger partial charge in [-0.2, -0.15) is 4.99 Å². The number of nitrogens with zero attached hydrogens (tertiary/aromatic N) is 2. The fraction of sp³-hybridized carbons (Fsp3) is 0.176. The van der Waals surface area contributed by atoms with Crippen LogP contribution in [0.15, 0.2) is 35.3 Å². The van der Waals surface area contributed by atoms with E-state index in [2.05, 4.69) is 4.99 Å². The fourth-order valence-electron chi connectivity index (χ4n) is 2.51. The van der Waals surface area contributed by atoms with E-state index >= 15 is 0 Å². The van der Waals surface area contributed by atoms with Gasteiger partial charge in [-0.3, -0.25) is 4.79 Å². The molecule has 0 unspecified atom stereocenters. The number of benzene rings is 2. The van der Waals surface area contributed by atoms with Gasteiger partial charge in [-0.1, -0.05) is 29.5 Å². The van der Waals surface area contributed by atoms with Gasteiger partial charge in [-0.15, -0.1) is 0 Å². The van der Waals surface area contributed by atoms with E-state index < -0.39 is 23.1 Å². The molecule has 0 saturated heterocycles. The van der Waals surface area contributed by atoms with Crippen molar-refractivity contribution in [1.29, 1.82) is 0 Å². The van der Waals surface area contributed by atoms with Crippen LogP contribution in [0.4, 0.5) is 8.78 Å². The van der Waals surface area contributed by atoms with Crippen LogP contribution in [0.5, 0.6) is 0 Å². The monoisotopic (exact) mass is 332 g/mol. The average Bonchev–Trinajstić information content (AvgIpc) is 2.81. The van der Waals surface area contributed by atoms with Crippen molar-refractivity contribution in [1.82, 2.24) is 4.57 Å². The first-order valence-electron chi connectivity index (χ1n) is 6.99. The molecule has 0 aliphatic rings. The van der Waals surface area contributed by atoms with Crippen molar-refractivity contribution in [2.45, 2.75) is 13.8 Å². The molecule has 0 aliphatic carbocycles. The van der Waals surface area contributed by atoms with Gasteiger partial charge in [0.05, 0.1) is 10.2 Å². The molecule has 1 amide bonds. The van der Waals surface area contributed by atoms with Gasteiger partial charge in [0, 0.05) is 7.05 Å². The van der Waals surface area contributed by atoms with Crippen LogP contribution < -0.4 is 4.80 Å². The maximum absolute atomic E-state index is 13.7. The van der Waals surface area contributed by atoms with E-state index in [-0.39, 0.29) is 0 Å². The van der Waals surface area contributed by atoms with Crippen LogP contribution in [0.25, 0.3) is 10.2 Å². The third-order valence-corrected chi connectivity index (χ3v) is 4.99. The number of hydrogen-bond donors (Lipinski definition) is 0. The number of thiazole rings is 1. The van der Waals surface area contributed by atoms with Crippen molar-refractivity contribution in [3.8, 4) is 0 Å². The minimum atomic E-state index is -0.918. The zero-order valence-electron chi connectivity index (χ0n) is 12.9. The van der Waals surface area contributed by atoms with E-state index in [1.54, 1.807) is 11.6 Å². The normalized spacial score (nSPS) is 12.1. The van der Waals surface area contributed by atoms with Gasteiger partial charge in [0.2, 0.25) is 0 Å². The van der Waals surface area contributed by atoms with E-state index in [1.165, 1.54) is 17.4 Å². The molecule has 3 aromatic rings. The van der Waals surface area contributed by atoms with Crippen LogP contribution in [-0.4, -0.2) is 10.5 Å². The van der Waals surface area contributed by atoms with Gasteiger partial charge in [-0.05, 0) is 37.1 Å². The van der Waals surface area contributed by atoms with Gasteiger partial charge in [0.15, 0.2) is 4.80 Å². The van der Waals surface area contributed by atoms with E-state index in [0.29, 0.717) is 4.80 Å². The van der Waals surface area contributed by atoms with Crippen LogP contribution in [0.3, 0.4) is 0 Å². The number of aromatic nitrogens is 1.